The predicted molar refractivity (Wildman–Crippen MR) is 63.5 cm³/mol. The maximum atomic E-state index is 3.59. The minimum absolute atomic E-state index is 0.705. The van der Waals surface area contributed by atoms with Gasteiger partial charge in [0.1, 0.15) is 0 Å². The van der Waals surface area contributed by atoms with Crippen LogP contribution in [0.25, 0.3) is 0 Å². The molecule has 3 unspecified atom stereocenters. The highest BCUT2D eigenvalue weighted by Gasteiger charge is 2.18. The van der Waals surface area contributed by atoms with E-state index < -0.39 is 0 Å². The number of hydrogen-bond acceptors (Lipinski definition) is 1. The molecule has 1 rings (SSSR count). The van der Waals surface area contributed by atoms with Crippen molar-refractivity contribution in [2.24, 2.45) is 11.8 Å². The van der Waals surface area contributed by atoms with Crippen LogP contribution in [0.3, 0.4) is 0 Å². The molecule has 0 aromatic heterocycles. The third-order valence-corrected chi connectivity index (χ3v) is 3.70. The Labute approximate surface area is 89.7 Å². The van der Waals surface area contributed by atoms with Crippen LogP contribution in [0.2, 0.25) is 0 Å². The Bertz CT molecular complexity index is 144. The minimum Gasteiger partial charge on any atom is -0.314 e. The van der Waals surface area contributed by atoms with E-state index in [9.17, 15) is 0 Å². The fraction of sp³-hybridized carbons (Fsp3) is 1.00. The molecule has 0 bridgehead atoms. The molecule has 3 atom stereocenters. The van der Waals surface area contributed by atoms with Gasteiger partial charge < -0.3 is 5.32 Å². The van der Waals surface area contributed by atoms with Gasteiger partial charge in [0, 0.05) is 6.04 Å². The summed E-state index contributed by atoms with van der Waals surface area (Å²) in [4.78, 5) is 0. The molecule has 1 aliphatic rings. The third-order valence-electron chi connectivity index (χ3n) is 3.70. The second-order valence-electron chi connectivity index (χ2n) is 5.19. The van der Waals surface area contributed by atoms with E-state index >= 15 is 0 Å². The van der Waals surface area contributed by atoms with Gasteiger partial charge in [0.2, 0.25) is 0 Å². The fourth-order valence-corrected chi connectivity index (χ4v) is 2.50. The molecule has 14 heavy (non-hydrogen) atoms. The Morgan fingerprint density at radius 3 is 2.79 bits per heavy atom. The molecule has 0 amide bonds. The highest BCUT2D eigenvalue weighted by molar-refractivity contribution is 4.71. The molecule has 0 aromatic carbocycles. The number of nitrogens with one attached hydrogen (secondary N) is 1. The maximum Gasteiger partial charge on any atom is 0.00361 e. The van der Waals surface area contributed by atoms with E-state index in [0.29, 0.717) is 6.04 Å². The van der Waals surface area contributed by atoms with Gasteiger partial charge in [-0.25, -0.2) is 0 Å². The Hall–Kier alpha value is -0.0400. The molecule has 0 heterocycles. The van der Waals surface area contributed by atoms with Gasteiger partial charge in [-0.1, -0.05) is 33.1 Å². The molecule has 1 aliphatic carbocycles. The van der Waals surface area contributed by atoms with Crippen LogP contribution in [0, 0.1) is 11.8 Å². The lowest BCUT2D eigenvalue weighted by Gasteiger charge is -2.27. The second-order valence-corrected chi connectivity index (χ2v) is 5.19. The van der Waals surface area contributed by atoms with E-state index in [1.165, 1.54) is 45.1 Å². The molecule has 0 aromatic rings. The summed E-state index contributed by atoms with van der Waals surface area (Å²) >= 11 is 0. The standard InChI is InChI=1S/C13H27N/c1-4-12(3)14-9-8-13-7-5-6-11(2)10-13/h11-14H,4-10H2,1-3H3. The lowest BCUT2D eigenvalue weighted by Crippen LogP contribution is -2.28. The average molecular weight is 197 g/mol. The fourth-order valence-electron chi connectivity index (χ4n) is 2.50. The lowest BCUT2D eigenvalue weighted by molar-refractivity contribution is 0.265. The van der Waals surface area contributed by atoms with E-state index in [0.717, 1.165) is 11.8 Å². The molecule has 1 heteroatoms. The summed E-state index contributed by atoms with van der Waals surface area (Å²) in [5, 5.41) is 3.59. The van der Waals surface area contributed by atoms with Crippen LogP contribution in [0.5, 0.6) is 0 Å². The normalized spacial score (nSPS) is 30.2. The van der Waals surface area contributed by atoms with Crippen LogP contribution in [0.15, 0.2) is 0 Å². The van der Waals surface area contributed by atoms with Crippen molar-refractivity contribution < 1.29 is 0 Å². The molecular weight excluding hydrogens is 170 g/mol. The third kappa shape index (κ3) is 4.45. The quantitative estimate of drug-likeness (QED) is 0.710. The summed E-state index contributed by atoms with van der Waals surface area (Å²) in [6, 6.07) is 0.705. The van der Waals surface area contributed by atoms with Crippen molar-refractivity contribution in [2.45, 2.75) is 65.3 Å². The Morgan fingerprint density at radius 1 is 1.36 bits per heavy atom. The van der Waals surface area contributed by atoms with Gasteiger partial charge in [-0.15, -0.1) is 0 Å². The molecule has 1 saturated carbocycles. The van der Waals surface area contributed by atoms with Crippen molar-refractivity contribution in [1.82, 2.24) is 5.32 Å². The summed E-state index contributed by atoms with van der Waals surface area (Å²) in [7, 11) is 0. The van der Waals surface area contributed by atoms with Crippen LogP contribution in [0.4, 0.5) is 0 Å². The van der Waals surface area contributed by atoms with E-state index in [4.69, 9.17) is 0 Å². The van der Waals surface area contributed by atoms with E-state index in [-0.39, 0.29) is 0 Å². The van der Waals surface area contributed by atoms with Crippen molar-refractivity contribution in [3.63, 3.8) is 0 Å². The second kappa shape index (κ2) is 6.44. The molecule has 1 nitrogen and oxygen atoms in total. The van der Waals surface area contributed by atoms with Gasteiger partial charge >= 0.3 is 0 Å². The molecule has 0 saturated heterocycles. The monoisotopic (exact) mass is 197 g/mol. The predicted octanol–water partition coefficient (Wildman–Crippen LogP) is 3.59. The Balaban J connectivity index is 2.05. The summed E-state index contributed by atoms with van der Waals surface area (Å²) in [6.45, 7) is 8.17. The molecule has 0 spiro atoms. The summed E-state index contributed by atoms with van der Waals surface area (Å²) < 4.78 is 0. The van der Waals surface area contributed by atoms with Crippen LogP contribution >= 0.6 is 0 Å². The van der Waals surface area contributed by atoms with Crippen molar-refractivity contribution in [2.75, 3.05) is 6.54 Å². The average Bonchev–Trinajstić information content (AvgIpc) is 2.17. The first-order chi connectivity index (χ1) is 6.72. The lowest BCUT2D eigenvalue weighted by atomic mass is 9.81. The number of hydrogen-bond donors (Lipinski definition) is 1. The van der Waals surface area contributed by atoms with Crippen molar-refractivity contribution in [3.8, 4) is 0 Å². The summed E-state index contributed by atoms with van der Waals surface area (Å²) in [6.07, 6.45) is 8.54. The van der Waals surface area contributed by atoms with Gasteiger partial charge in [-0.2, -0.15) is 0 Å². The molecule has 0 aliphatic heterocycles. The number of rotatable bonds is 5. The Kier molecular flexibility index (Phi) is 5.54. The first kappa shape index (κ1) is 12.0. The Morgan fingerprint density at radius 2 is 2.14 bits per heavy atom. The summed E-state index contributed by atoms with van der Waals surface area (Å²) in [5.74, 6) is 1.99. The zero-order chi connectivity index (χ0) is 10.4. The van der Waals surface area contributed by atoms with E-state index in [1.54, 1.807) is 0 Å². The highest BCUT2D eigenvalue weighted by atomic mass is 14.9. The molecule has 1 fully saturated rings. The van der Waals surface area contributed by atoms with Gasteiger partial charge in [-0.3, -0.25) is 0 Å². The van der Waals surface area contributed by atoms with Crippen LogP contribution < -0.4 is 5.32 Å². The van der Waals surface area contributed by atoms with Gasteiger partial charge in [-0.05, 0) is 44.6 Å². The smallest absolute Gasteiger partial charge is 0.00361 e. The zero-order valence-corrected chi connectivity index (χ0v) is 10.2. The van der Waals surface area contributed by atoms with Gasteiger partial charge in [0.05, 0.1) is 0 Å². The van der Waals surface area contributed by atoms with Crippen LogP contribution in [-0.4, -0.2) is 12.6 Å². The van der Waals surface area contributed by atoms with Gasteiger partial charge in [0.25, 0.3) is 0 Å². The van der Waals surface area contributed by atoms with Gasteiger partial charge in [0.15, 0.2) is 0 Å². The van der Waals surface area contributed by atoms with Crippen molar-refractivity contribution >= 4 is 0 Å². The SMILES string of the molecule is CCC(C)NCCC1CCCC(C)C1. The van der Waals surface area contributed by atoms with Crippen molar-refractivity contribution in [1.29, 1.82) is 0 Å². The summed E-state index contributed by atoms with van der Waals surface area (Å²) in [5.41, 5.74) is 0. The van der Waals surface area contributed by atoms with Crippen LogP contribution in [-0.2, 0) is 0 Å². The molecule has 1 N–H and O–H groups in total. The topological polar surface area (TPSA) is 12.0 Å². The van der Waals surface area contributed by atoms with E-state index in [1.807, 2.05) is 0 Å². The largest absolute Gasteiger partial charge is 0.314 e. The minimum atomic E-state index is 0.705. The molecular formula is C13H27N. The zero-order valence-electron chi connectivity index (χ0n) is 10.2. The first-order valence-corrected chi connectivity index (χ1v) is 6.45. The first-order valence-electron chi connectivity index (χ1n) is 6.45. The molecule has 0 radical (unpaired) electrons. The highest BCUT2D eigenvalue weighted by Crippen LogP contribution is 2.30. The van der Waals surface area contributed by atoms with E-state index in [2.05, 4.69) is 26.1 Å². The maximum absolute atomic E-state index is 3.59. The molecule has 84 valence electrons. The van der Waals surface area contributed by atoms with Crippen molar-refractivity contribution in [3.05, 3.63) is 0 Å². The van der Waals surface area contributed by atoms with Crippen LogP contribution in [0.1, 0.15) is 59.3 Å².